The molecule has 1 heterocycles. The summed E-state index contributed by atoms with van der Waals surface area (Å²) in [4.78, 5) is 24.0. The molecular weight excluding hydrogens is 310 g/mol. The lowest BCUT2D eigenvalue weighted by Crippen LogP contribution is -2.23. The Bertz CT molecular complexity index is 665. The molecular formula is C18H21NO5. The number of aromatic nitrogens is 1. The van der Waals surface area contributed by atoms with Crippen molar-refractivity contribution >= 4 is 12.1 Å². The Kier molecular flexibility index (Phi) is 6.57. The predicted molar refractivity (Wildman–Crippen MR) is 87.3 cm³/mol. The van der Waals surface area contributed by atoms with Gasteiger partial charge in [0, 0.05) is 6.20 Å². The van der Waals surface area contributed by atoms with Crippen molar-refractivity contribution in [2.75, 3.05) is 6.61 Å². The van der Waals surface area contributed by atoms with Crippen molar-refractivity contribution in [3.63, 3.8) is 0 Å². The molecule has 0 fully saturated rings. The predicted octanol–water partition coefficient (Wildman–Crippen LogP) is 3.05. The molecule has 0 spiro atoms. The molecule has 24 heavy (non-hydrogen) atoms. The molecule has 0 bridgehead atoms. The van der Waals surface area contributed by atoms with Crippen molar-refractivity contribution in [2.24, 2.45) is 0 Å². The summed E-state index contributed by atoms with van der Waals surface area (Å²) < 4.78 is 11.3. The van der Waals surface area contributed by atoms with Crippen molar-refractivity contribution in [3.8, 4) is 0 Å². The number of nitrogens with zero attached hydrogens (tertiary/aromatic N) is 1. The Morgan fingerprint density at radius 3 is 2.58 bits per heavy atom. The number of rotatable bonds is 7. The number of aliphatic hydroxyl groups is 1. The molecule has 1 aromatic heterocycles. The van der Waals surface area contributed by atoms with Gasteiger partial charge in [-0.2, -0.15) is 0 Å². The number of esters is 1. The fourth-order valence-corrected chi connectivity index (χ4v) is 2.09. The minimum atomic E-state index is -1.53. The highest BCUT2D eigenvalue weighted by molar-refractivity contribution is 5.79. The Hall–Kier alpha value is -2.60. The molecule has 0 saturated heterocycles. The summed E-state index contributed by atoms with van der Waals surface area (Å²) >= 11 is 0. The Labute approximate surface area is 140 Å². The molecule has 0 saturated carbocycles. The normalized spacial score (nSPS) is 11.8. The smallest absolute Gasteiger partial charge is 0.418 e. The summed E-state index contributed by atoms with van der Waals surface area (Å²) in [6.45, 7) is 2.32. The number of hydrogen-bond donors (Lipinski definition) is 1. The summed E-state index contributed by atoms with van der Waals surface area (Å²) in [5, 5.41) is 10.1. The van der Waals surface area contributed by atoms with Crippen LogP contribution in [0.25, 0.3) is 0 Å². The van der Waals surface area contributed by atoms with Crippen LogP contribution in [0.1, 0.15) is 37.1 Å². The lowest BCUT2D eigenvalue weighted by molar-refractivity contribution is -0.154. The average molecular weight is 331 g/mol. The first-order valence-corrected chi connectivity index (χ1v) is 7.86. The zero-order valence-electron chi connectivity index (χ0n) is 13.6. The summed E-state index contributed by atoms with van der Waals surface area (Å²) in [5.41, 5.74) is 0.966. The Morgan fingerprint density at radius 1 is 1.12 bits per heavy atom. The van der Waals surface area contributed by atoms with E-state index in [2.05, 4.69) is 0 Å². The maximum absolute atomic E-state index is 12.2. The van der Waals surface area contributed by atoms with E-state index in [0.29, 0.717) is 0 Å². The third-order valence-corrected chi connectivity index (χ3v) is 3.43. The number of carbonyl (C=O) groups excluding carboxylic acids is 2. The number of carbonyl (C=O) groups is 2. The first-order valence-electron chi connectivity index (χ1n) is 7.86. The first-order chi connectivity index (χ1) is 11.6. The van der Waals surface area contributed by atoms with Gasteiger partial charge in [0.2, 0.25) is 0 Å². The quantitative estimate of drug-likeness (QED) is 0.623. The van der Waals surface area contributed by atoms with Crippen LogP contribution in [0.15, 0.2) is 48.7 Å². The minimum absolute atomic E-state index is 0.105. The van der Waals surface area contributed by atoms with Gasteiger partial charge in [0.1, 0.15) is 6.61 Å². The molecule has 1 aromatic carbocycles. The van der Waals surface area contributed by atoms with Gasteiger partial charge >= 0.3 is 12.1 Å². The maximum Gasteiger partial charge on any atom is 0.418 e. The van der Waals surface area contributed by atoms with E-state index in [1.54, 1.807) is 6.07 Å². The number of ether oxygens (including phenoxy) is 2. The van der Waals surface area contributed by atoms with E-state index in [1.807, 2.05) is 37.3 Å². The summed E-state index contributed by atoms with van der Waals surface area (Å²) in [5.74, 6) is -0.778. The SMILES string of the molecule is CCCCOC(=O)[C@H](O)c1cccn1C(=O)OCc1ccccc1. The second-order valence-electron chi connectivity index (χ2n) is 5.27. The van der Waals surface area contributed by atoms with Crippen LogP contribution in [0.4, 0.5) is 4.79 Å². The lowest BCUT2D eigenvalue weighted by Gasteiger charge is -2.13. The van der Waals surface area contributed by atoms with Crippen molar-refractivity contribution in [1.82, 2.24) is 4.57 Å². The van der Waals surface area contributed by atoms with Crippen molar-refractivity contribution in [2.45, 2.75) is 32.5 Å². The van der Waals surface area contributed by atoms with Gasteiger partial charge in [-0.25, -0.2) is 9.59 Å². The van der Waals surface area contributed by atoms with E-state index in [-0.39, 0.29) is 18.9 Å². The zero-order chi connectivity index (χ0) is 17.4. The van der Waals surface area contributed by atoms with E-state index >= 15 is 0 Å². The second kappa shape index (κ2) is 8.88. The number of hydrogen-bond acceptors (Lipinski definition) is 5. The third kappa shape index (κ3) is 4.70. The molecule has 0 aliphatic heterocycles. The van der Waals surface area contributed by atoms with Gasteiger partial charge in [-0.3, -0.25) is 4.57 Å². The summed E-state index contributed by atoms with van der Waals surface area (Å²) in [6.07, 6.45) is 0.843. The highest BCUT2D eigenvalue weighted by Gasteiger charge is 2.24. The van der Waals surface area contributed by atoms with Crippen molar-refractivity contribution < 1.29 is 24.2 Å². The standard InChI is InChI=1S/C18H21NO5/c1-2-3-12-23-17(21)16(20)15-10-7-11-19(15)18(22)24-13-14-8-5-4-6-9-14/h4-11,16,20H,2-3,12-13H2,1H3/t16-/m1/s1. The van der Waals surface area contributed by atoms with Crippen LogP contribution in [0.3, 0.4) is 0 Å². The van der Waals surface area contributed by atoms with E-state index in [1.165, 1.54) is 12.3 Å². The maximum atomic E-state index is 12.2. The zero-order valence-corrected chi connectivity index (χ0v) is 13.6. The van der Waals surface area contributed by atoms with Crippen LogP contribution in [0.2, 0.25) is 0 Å². The van der Waals surface area contributed by atoms with E-state index < -0.39 is 18.2 Å². The van der Waals surface area contributed by atoms with Gasteiger partial charge < -0.3 is 14.6 Å². The van der Waals surface area contributed by atoms with E-state index in [4.69, 9.17) is 9.47 Å². The third-order valence-electron chi connectivity index (χ3n) is 3.43. The molecule has 128 valence electrons. The van der Waals surface area contributed by atoms with Crippen molar-refractivity contribution in [3.05, 3.63) is 59.9 Å². The largest absolute Gasteiger partial charge is 0.463 e. The van der Waals surface area contributed by atoms with Crippen LogP contribution in [0, 0.1) is 0 Å². The molecule has 1 atom stereocenters. The van der Waals surface area contributed by atoms with Gasteiger partial charge in [-0.15, -0.1) is 0 Å². The van der Waals surface area contributed by atoms with Gasteiger partial charge in [0.25, 0.3) is 0 Å². The fourth-order valence-electron chi connectivity index (χ4n) is 2.09. The second-order valence-corrected chi connectivity index (χ2v) is 5.27. The summed E-state index contributed by atoms with van der Waals surface area (Å²) in [6, 6.07) is 12.3. The van der Waals surface area contributed by atoms with E-state index in [9.17, 15) is 14.7 Å². The Balaban J connectivity index is 1.98. The van der Waals surface area contributed by atoms with Crippen molar-refractivity contribution in [1.29, 1.82) is 0 Å². The number of aliphatic hydroxyl groups excluding tert-OH is 1. The number of unbranched alkanes of at least 4 members (excludes halogenated alkanes) is 1. The molecule has 6 nitrogen and oxygen atoms in total. The first kappa shape index (κ1) is 17.7. The molecule has 2 aromatic rings. The van der Waals surface area contributed by atoms with Crippen LogP contribution in [-0.2, 0) is 20.9 Å². The van der Waals surface area contributed by atoms with Crippen LogP contribution >= 0.6 is 0 Å². The lowest BCUT2D eigenvalue weighted by atomic mass is 10.2. The molecule has 0 radical (unpaired) electrons. The van der Waals surface area contributed by atoms with E-state index in [0.717, 1.165) is 23.0 Å². The van der Waals surface area contributed by atoms with Gasteiger partial charge in [-0.05, 0) is 24.1 Å². The molecule has 0 aliphatic rings. The minimum Gasteiger partial charge on any atom is -0.463 e. The molecule has 1 N–H and O–H groups in total. The summed E-state index contributed by atoms with van der Waals surface area (Å²) in [7, 11) is 0. The fraction of sp³-hybridized carbons (Fsp3) is 0.333. The van der Waals surface area contributed by atoms with Gasteiger partial charge in [0.05, 0.1) is 12.3 Å². The monoisotopic (exact) mass is 331 g/mol. The average Bonchev–Trinajstić information content (AvgIpc) is 3.09. The topological polar surface area (TPSA) is 77.8 Å². The molecule has 0 aliphatic carbocycles. The van der Waals surface area contributed by atoms with Crippen LogP contribution in [0.5, 0.6) is 0 Å². The van der Waals surface area contributed by atoms with Gasteiger partial charge in [0.15, 0.2) is 6.10 Å². The van der Waals surface area contributed by atoms with Gasteiger partial charge in [-0.1, -0.05) is 43.7 Å². The van der Waals surface area contributed by atoms with Crippen LogP contribution in [-0.4, -0.2) is 28.3 Å². The molecule has 0 amide bonds. The van der Waals surface area contributed by atoms with Crippen LogP contribution < -0.4 is 0 Å². The number of benzene rings is 1. The molecule has 0 unspecified atom stereocenters. The molecule has 6 heteroatoms. The Morgan fingerprint density at radius 2 is 1.88 bits per heavy atom. The molecule has 2 rings (SSSR count). The highest BCUT2D eigenvalue weighted by atomic mass is 16.6. The highest BCUT2D eigenvalue weighted by Crippen LogP contribution is 2.16.